The SMILES string of the molecule is COC(=O)c1cc([N+](=O)[O-])ccc1N[C@@H](C)c1ccccc1C. The molecule has 0 amide bonds. The Labute approximate surface area is 134 Å². The van der Waals surface area contributed by atoms with Crippen molar-refractivity contribution < 1.29 is 14.5 Å². The van der Waals surface area contributed by atoms with E-state index in [9.17, 15) is 14.9 Å². The number of carbonyl (C=O) groups excluding carboxylic acids is 1. The number of carbonyl (C=O) groups is 1. The van der Waals surface area contributed by atoms with Crippen LogP contribution in [-0.2, 0) is 4.74 Å². The summed E-state index contributed by atoms with van der Waals surface area (Å²) in [5, 5.41) is 14.1. The Morgan fingerprint density at radius 3 is 2.57 bits per heavy atom. The summed E-state index contributed by atoms with van der Waals surface area (Å²) < 4.78 is 4.72. The van der Waals surface area contributed by atoms with E-state index in [1.54, 1.807) is 0 Å². The average Bonchev–Trinajstić information content (AvgIpc) is 2.54. The van der Waals surface area contributed by atoms with Crippen molar-refractivity contribution >= 4 is 17.3 Å². The predicted octanol–water partition coefficient (Wildman–Crippen LogP) is 3.86. The molecule has 2 rings (SSSR count). The summed E-state index contributed by atoms with van der Waals surface area (Å²) in [6.45, 7) is 3.97. The van der Waals surface area contributed by atoms with Gasteiger partial charge in [0.15, 0.2) is 0 Å². The van der Waals surface area contributed by atoms with Crippen LogP contribution in [0.1, 0.15) is 34.5 Å². The first kappa shape index (κ1) is 16.5. The lowest BCUT2D eigenvalue weighted by Gasteiger charge is -2.19. The van der Waals surface area contributed by atoms with Gasteiger partial charge in [0.2, 0.25) is 0 Å². The largest absolute Gasteiger partial charge is 0.465 e. The van der Waals surface area contributed by atoms with Crippen molar-refractivity contribution in [2.24, 2.45) is 0 Å². The standard InChI is InChI=1S/C17H18N2O4/c1-11-6-4-5-7-14(11)12(2)18-16-9-8-13(19(21)22)10-15(16)17(20)23-3/h4-10,12,18H,1-3H3/t12-/m0/s1. The highest BCUT2D eigenvalue weighted by Gasteiger charge is 2.19. The van der Waals surface area contributed by atoms with Gasteiger partial charge in [-0.2, -0.15) is 0 Å². The van der Waals surface area contributed by atoms with E-state index >= 15 is 0 Å². The normalized spacial score (nSPS) is 11.6. The maximum Gasteiger partial charge on any atom is 0.340 e. The third kappa shape index (κ3) is 3.66. The van der Waals surface area contributed by atoms with Crippen molar-refractivity contribution in [1.29, 1.82) is 0 Å². The number of hydrogen-bond donors (Lipinski definition) is 1. The molecule has 1 N–H and O–H groups in total. The third-order valence-electron chi connectivity index (χ3n) is 3.65. The van der Waals surface area contributed by atoms with Crippen molar-refractivity contribution in [2.45, 2.75) is 19.9 Å². The van der Waals surface area contributed by atoms with E-state index in [4.69, 9.17) is 4.74 Å². The molecule has 0 bridgehead atoms. The fourth-order valence-corrected chi connectivity index (χ4v) is 2.43. The van der Waals surface area contributed by atoms with Crippen molar-refractivity contribution in [2.75, 3.05) is 12.4 Å². The van der Waals surface area contributed by atoms with Gasteiger partial charge in [-0.15, -0.1) is 0 Å². The van der Waals surface area contributed by atoms with Crippen molar-refractivity contribution in [3.8, 4) is 0 Å². The van der Waals surface area contributed by atoms with E-state index < -0.39 is 10.9 Å². The second-order valence-electron chi connectivity index (χ2n) is 5.20. The van der Waals surface area contributed by atoms with Gasteiger partial charge in [-0.05, 0) is 31.0 Å². The van der Waals surface area contributed by atoms with E-state index in [1.807, 2.05) is 38.1 Å². The number of nitro benzene ring substituents is 1. The Morgan fingerprint density at radius 2 is 1.96 bits per heavy atom. The lowest BCUT2D eigenvalue weighted by Crippen LogP contribution is -2.13. The summed E-state index contributed by atoms with van der Waals surface area (Å²) >= 11 is 0. The van der Waals surface area contributed by atoms with Gasteiger partial charge in [-0.3, -0.25) is 10.1 Å². The van der Waals surface area contributed by atoms with Crippen LogP contribution in [0.3, 0.4) is 0 Å². The highest BCUT2D eigenvalue weighted by molar-refractivity contribution is 5.96. The molecule has 6 nitrogen and oxygen atoms in total. The van der Waals surface area contributed by atoms with Crippen LogP contribution in [0.5, 0.6) is 0 Å². The van der Waals surface area contributed by atoms with E-state index in [2.05, 4.69) is 5.32 Å². The van der Waals surface area contributed by atoms with E-state index in [-0.39, 0.29) is 17.3 Å². The Morgan fingerprint density at radius 1 is 1.26 bits per heavy atom. The summed E-state index contributed by atoms with van der Waals surface area (Å²) in [7, 11) is 1.25. The Kier molecular flexibility index (Phi) is 4.95. The molecule has 0 aliphatic carbocycles. The van der Waals surface area contributed by atoms with Gasteiger partial charge in [0.25, 0.3) is 5.69 Å². The summed E-state index contributed by atoms with van der Waals surface area (Å²) in [5.41, 5.74) is 2.69. The predicted molar refractivity (Wildman–Crippen MR) is 87.7 cm³/mol. The number of benzene rings is 2. The molecule has 0 spiro atoms. The molecule has 0 aliphatic rings. The number of rotatable bonds is 5. The molecular formula is C17H18N2O4. The lowest BCUT2D eigenvalue weighted by atomic mass is 10.0. The minimum Gasteiger partial charge on any atom is -0.465 e. The number of ether oxygens (including phenoxy) is 1. The number of nitro groups is 1. The van der Waals surface area contributed by atoms with Crippen molar-refractivity contribution in [3.63, 3.8) is 0 Å². The van der Waals surface area contributed by atoms with Crippen molar-refractivity contribution in [3.05, 3.63) is 69.3 Å². The average molecular weight is 314 g/mol. The summed E-state index contributed by atoms with van der Waals surface area (Å²) in [5.74, 6) is -0.617. The molecule has 0 saturated heterocycles. The number of aryl methyl sites for hydroxylation is 1. The van der Waals surface area contributed by atoms with Gasteiger partial charge in [-0.25, -0.2) is 4.79 Å². The highest BCUT2D eigenvalue weighted by atomic mass is 16.6. The van der Waals surface area contributed by atoms with Crippen LogP contribution in [-0.4, -0.2) is 18.0 Å². The molecule has 0 heterocycles. The Hall–Kier alpha value is -2.89. The first-order valence-electron chi connectivity index (χ1n) is 7.13. The van der Waals surface area contributed by atoms with Crippen LogP contribution >= 0.6 is 0 Å². The number of esters is 1. The van der Waals surface area contributed by atoms with Gasteiger partial charge in [0, 0.05) is 23.9 Å². The zero-order valence-corrected chi connectivity index (χ0v) is 13.2. The van der Waals surface area contributed by atoms with Crippen LogP contribution in [0, 0.1) is 17.0 Å². The fraction of sp³-hybridized carbons (Fsp3) is 0.235. The maximum absolute atomic E-state index is 11.9. The summed E-state index contributed by atoms with van der Waals surface area (Å²) in [6.07, 6.45) is 0. The Balaban J connectivity index is 2.37. The second-order valence-corrected chi connectivity index (χ2v) is 5.20. The smallest absolute Gasteiger partial charge is 0.340 e. The van der Waals surface area contributed by atoms with Gasteiger partial charge >= 0.3 is 5.97 Å². The fourth-order valence-electron chi connectivity index (χ4n) is 2.43. The molecule has 1 atom stereocenters. The van der Waals surface area contributed by atoms with Gasteiger partial charge in [0.1, 0.15) is 0 Å². The van der Waals surface area contributed by atoms with Gasteiger partial charge in [-0.1, -0.05) is 24.3 Å². The van der Waals surface area contributed by atoms with Gasteiger partial charge < -0.3 is 10.1 Å². The summed E-state index contributed by atoms with van der Waals surface area (Å²) in [4.78, 5) is 22.3. The van der Waals surface area contributed by atoms with Crippen LogP contribution in [0.2, 0.25) is 0 Å². The van der Waals surface area contributed by atoms with Crippen LogP contribution in [0.15, 0.2) is 42.5 Å². The number of methoxy groups -OCH3 is 1. The molecule has 0 unspecified atom stereocenters. The first-order valence-corrected chi connectivity index (χ1v) is 7.13. The molecule has 0 aromatic heterocycles. The second kappa shape index (κ2) is 6.91. The van der Waals surface area contributed by atoms with Crippen LogP contribution < -0.4 is 5.32 Å². The first-order chi connectivity index (χ1) is 10.9. The number of nitrogens with one attached hydrogen (secondary N) is 1. The molecular weight excluding hydrogens is 296 g/mol. The van der Waals surface area contributed by atoms with E-state index in [0.29, 0.717) is 5.69 Å². The molecule has 0 radical (unpaired) electrons. The number of nitrogens with zero attached hydrogens (tertiary/aromatic N) is 1. The quantitative estimate of drug-likeness (QED) is 0.515. The molecule has 2 aromatic rings. The molecule has 2 aromatic carbocycles. The number of hydrogen-bond acceptors (Lipinski definition) is 5. The molecule has 0 saturated carbocycles. The minimum absolute atomic E-state index is 0.0685. The Bertz CT molecular complexity index is 743. The van der Waals surface area contributed by atoms with E-state index in [1.165, 1.54) is 25.3 Å². The topological polar surface area (TPSA) is 81.5 Å². The van der Waals surface area contributed by atoms with Crippen molar-refractivity contribution in [1.82, 2.24) is 0 Å². The molecule has 0 fully saturated rings. The van der Waals surface area contributed by atoms with Crippen LogP contribution in [0.4, 0.5) is 11.4 Å². The van der Waals surface area contributed by atoms with E-state index in [0.717, 1.165) is 11.1 Å². The molecule has 6 heteroatoms. The minimum atomic E-state index is -0.617. The monoisotopic (exact) mass is 314 g/mol. The summed E-state index contributed by atoms with van der Waals surface area (Å²) in [6, 6.07) is 11.9. The molecule has 23 heavy (non-hydrogen) atoms. The number of anilines is 1. The van der Waals surface area contributed by atoms with Gasteiger partial charge in [0.05, 0.1) is 17.6 Å². The van der Waals surface area contributed by atoms with Crippen LogP contribution in [0.25, 0.3) is 0 Å². The highest BCUT2D eigenvalue weighted by Crippen LogP contribution is 2.27. The number of non-ortho nitro benzene ring substituents is 1. The lowest BCUT2D eigenvalue weighted by molar-refractivity contribution is -0.384. The third-order valence-corrected chi connectivity index (χ3v) is 3.65. The zero-order valence-electron chi connectivity index (χ0n) is 13.2. The molecule has 0 aliphatic heterocycles. The maximum atomic E-state index is 11.9. The molecule has 120 valence electrons. The zero-order chi connectivity index (χ0) is 17.0.